The average molecular weight is 282 g/mol. The zero-order valence-electron chi connectivity index (χ0n) is 14.4. The lowest BCUT2D eigenvalue weighted by atomic mass is 9.98. The van der Waals surface area contributed by atoms with E-state index < -0.39 is 0 Å². The molecule has 0 aromatic carbocycles. The van der Waals surface area contributed by atoms with Crippen molar-refractivity contribution < 1.29 is 0 Å². The van der Waals surface area contributed by atoms with E-state index in [1.165, 1.54) is 82.6 Å². The van der Waals surface area contributed by atoms with Crippen LogP contribution in [0.4, 0.5) is 0 Å². The van der Waals surface area contributed by atoms with Crippen molar-refractivity contribution in [2.24, 2.45) is 11.7 Å². The highest BCUT2D eigenvalue weighted by atomic mass is 14.5. The van der Waals surface area contributed by atoms with E-state index >= 15 is 0 Å². The maximum Gasteiger partial charge on any atom is 0.0134 e. The first kappa shape index (κ1) is 19.7. The van der Waals surface area contributed by atoms with Crippen molar-refractivity contribution in [1.82, 2.24) is 0 Å². The lowest BCUT2D eigenvalue weighted by Crippen LogP contribution is -2.01. The molecule has 0 saturated carbocycles. The summed E-state index contributed by atoms with van der Waals surface area (Å²) < 4.78 is 0. The summed E-state index contributed by atoms with van der Waals surface area (Å²) in [7, 11) is 0. The fourth-order valence-electron chi connectivity index (χ4n) is 2.58. The molecule has 0 saturated heterocycles. The third kappa shape index (κ3) is 14.1. The molecule has 0 aromatic rings. The predicted molar refractivity (Wildman–Crippen MR) is 93.1 cm³/mol. The number of hydrogen-bond donors (Lipinski definition) is 1. The van der Waals surface area contributed by atoms with Crippen LogP contribution in [-0.2, 0) is 0 Å². The van der Waals surface area contributed by atoms with Gasteiger partial charge in [-0.05, 0) is 19.3 Å². The summed E-state index contributed by atoms with van der Waals surface area (Å²) in [5, 5.41) is 0. The van der Waals surface area contributed by atoms with Crippen LogP contribution < -0.4 is 5.73 Å². The van der Waals surface area contributed by atoms with Gasteiger partial charge >= 0.3 is 0 Å². The lowest BCUT2D eigenvalue weighted by Gasteiger charge is -2.09. The van der Waals surface area contributed by atoms with Crippen molar-refractivity contribution in [2.75, 3.05) is 6.54 Å². The topological polar surface area (TPSA) is 26.0 Å². The molecule has 1 atom stereocenters. The van der Waals surface area contributed by atoms with E-state index in [1.807, 2.05) is 0 Å². The molecule has 0 rings (SSSR count). The Morgan fingerprint density at radius 2 is 1.40 bits per heavy atom. The van der Waals surface area contributed by atoms with E-state index in [9.17, 15) is 0 Å². The van der Waals surface area contributed by atoms with Crippen LogP contribution in [0, 0.1) is 5.92 Å². The van der Waals surface area contributed by atoms with Gasteiger partial charge in [-0.15, -0.1) is 0 Å². The summed E-state index contributed by atoms with van der Waals surface area (Å²) >= 11 is 0. The zero-order valence-corrected chi connectivity index (χ0v) is 14.4. The smallest absolute Gasteiger partial charge is 0.0134 e. The first-order valence-electron chi connectivity index (χ1n) is 9.06. The standard InChI is InChI=1S/C19H39N/c1-4-5-6-7-8-9-10-11-12-13-14-18(2)15-16-19(3)17-20/h16,18H,4-15,17,20H2,1-3H3/b19-16+. The third-order valence-electron chi connectivity index (χ3n) is 4.24. The third-order valence-corrected chi connectivity index (χ3v) is 4.24. The fourth-order valence-corrected chi connectivity index (χ4v) is 2.58. The highest BCUT2D eigenvalue weighted by molar-refractivity contribution is 4.99. The van der Waals surface area contributed by atoms with Crippen molar-refractivity contribution in [2.45, 2.75) is 97.8 Å². The van der Waals surface area contributed by atoms with Gasteiger partial charge in [-0.25, -0.2) is 0 Å². The first-order valence-corrected chi connectivity index (χ1v) is 9.06. The number of hydrogen-bond acceptors (Lipinski definition) is 1. The van der Waals surface area contributed by atoms with Crippen molar-refractivity contribution in [1.29, 1.82) is 0 Å². The Kier molecular flexibility index (Phi) is 14.9. The Labute approximate surface area is 128 Å². The molecule has 1 nitrogen and oxygen atoms in total. The summed E-state index contributed by atoms with van der Waals surface area (Å²) in [6.07, 6.45) is 19.2. The Morgan fingerprint density at radius 1 is 0.900 bits per heavy atom. The molecule has 0 aliphatic heterocycles. The summed E-state index contributed by atoms with van der Waals surface area (Å²) in [6, 6.07) is 0. The molecule has 0 amide bonds. The molecule has 0 aliphatic carbocycles. The van der Waals surface area contributed by atoms with Crippen molar-refractivity contribution in [3.63, 3.8) is 0 Å². The maximum atomic E-state index is 5.60. The van der Waals surface area contributed by atoms with Gasteiger partial charge in [0.25, 0.3) is 0 Å². The highest BCUT2D eigenvalue weighted by Gasteiger charge is 2.00. The minimum atomic E-state index is 0.713. The lowest BCUT2D eigenvalue weighted by molar-refractivity contribution is 0.482. The minimum Gasteiger partial charge on any atom is -0.327 e. The van der Waals surface area contributed by atoms with Gasteiger partial charge in [0.15, 0.2) is 0 Å². The van der Waals surface area contributed by atoms with Crippen LogP contribution in [0.3, 0.4) is 0 Å². The molecule has 0 heterocycles. The van der Waals surface area contributed by atoms with Crippen LogP contribution in [-0.4, -0.2) is 6.54 Å². The molecule has 120 valence electrons. The first-order chi connectivity index (χ1) is 9.70. The Hall–Kier alpha value is -0.300. The van der Waals surface area contributed by atoms with Crippen LogP contribution in [0.1, 0.15) is 97.8 Å². The molecule has 0 radical (unpaired) electrons. The van der Waals surface area contributed by atoms with Crippen LogP contribution in [0.25, 0.3) is 0 Å². The van der Waals surface area contributed by atoms with Crippen LogP contribution in [0.2, 0.25) is 0 Å². The molecule has 0 aliphatic rings. The zero-order chi connectivity index (χ0) is 15.1. The molecular weight excluding hydrogens is 242 g/mol. The Morgan fingerprint density at radius 3 is 1.90 bits per heavy atom. The van der Waals surface area contributed by atoms with E-state index in [0.29, 0.717) is 6.54 Å². The number of nitrogens with two attached hydrogens (primary N) is 1. The predicted octanol–water partition coefficient (Wildman–Crippen LogP) is 6.23. The van der Waals surface area contributed by atoms with Gasteiger partial charge in [-0.2, -0.15) is 0 Å². The maximum absolute atomic E-state index is 5.60. The summed E-state index contributed by atoms with van der Waals surface area (Å²) in [5.74, 6) is 0.825. The van der Waals surface area contributed by atoms with E-state index in [4.69, 9.17) is 5.73 Å². The van der Waals surface area contributed by atoms with Gasteiger partial charge < -0.3 is 5.73 Å². The van der Waals surface area contributed by atoms with Gasteiger partial charge in [-0.3, -0.25) is 0 Å². The number of unbranched alkanes of at least 4 members (excludes halogenated alkanes) is 9. The van der Waals surface area contributed by atoms with Gasteiger partial charge in [0, 0.05) is 6.54 Å². The normalized spacial score (nSPS) is 13.7. The van der Waals surface area contributed by atoms with E-state index in [-0.39, 0.29) is 0 Å². The molecule has 1 unspecified atom stereocenters. The quantitative estimate of drug-likeness (QED) is 0.296. The van der Waals surface area contributed by atoms with E-state index in [0.717, 1.165) is 5.92 Å². The molecular formula is C19H39N. The van der Waals surface area contributed by atoms with Crippen molar-refractivity contribution in [3.05, 3.63) is 11.6 Å². The van der Waals surface area contributed by atoms with Crippen LogP contribution in [0.15, 0.2) is 11.6 Å². The second kappa shape index (κ2) is 15.1. The molecule has 1 heteroatoms. The van der Waals surface area contributed by atoms with Crippen LogP contribution >= 0.6 is 0 Å². The molecule has 20 heavy (non-hydrogen) atoms. The highest BCUT2D eigenvalue weighted by Crippen LogP contribution is 2.16. The van der Waals surface area contributed by atoms with E-state index in [2.05, 4.69) is 26.8 Å². The molecule has 0 bridgehead atoms. The second-order valence-corrected chi connectivity index (χ2v) is 6.57. The summed E-state index contributed by atoms with van der Waals surface area (Å²) in [6.45, 7) is 7.50. The molecule has 0 spiro atoms. The van der Waals surface area contributed by atoms with E-state index in [1.54, 1.807) is 0 Å². The van der Waals surface area contributed by atoms with Crippen LogP contribution in [0.5, 0.6) is 0 Å². The monoisotopic (exact) mass is 281 g/mol. The minimum absolute atomic E-state index is 0.713. The number of rotatable bonds is 14. The summed E-state index contributed by atoms with van der Waals surface area (Å²) in [4.78, 5) is 0. The van der Waals surface area contributed by atoms with Crippen molar-refractivity contribution in [3.8, 4) is 0 Å². The Balaban J connectivity index is 3.23. The average Bonchev–Trinajstić information content (AvgIpc) is 2.46. The van der Waals surface area contributed by atoms with Gasteiger partial charge in [0.2, 0.25) is 0 Å². The van der Waals surface area contributed by atoms with Gasteiger partial charge in [0.05, 0.1) is 0 Å². The van der Waals surface area contributed by atoms with Crippen molar-refractivity contribution >= 4 is 0 Å². The molecule has 0 aromatic heterocycles. The molecule has 0 fully saturated rings. The summed E-state index contributed by atoms with van der Waals surface area (Å²) in [5.41, 5.74) is 6.93. The Bertz CT molecular complexity index is 220. The SMILES string of the molecule is CCCCCCCCCCCCC(C)C/C=C(\C)CN. The molecule has 2 N–H and O–H groups in total. The fraction of sp³-hybridized carbons (Fsp3) is 0.895. The number of allylic oxidation sites excluding steroid dienone is 1. The second-order valence-electron chi connectivity index (χ2n) is 6.57. The van der Waals surface area contributed by atoms with Gasteiger partial charge in [-0.1, -0.05) is 96.1 Å². The largest absolute Gasteiger partial charge is 0.327 e. The van der Waals surface area contributed by atoms with Gasteiger partial charge in [0.1, 0.15) is 0 Å².